The number of likely N-dealkylation sites (N-methyl/N-ethyl adjacent to an activating group) is 1. The molecule has 0 bridgehead atoms. The highest BCUT2D eigenvalue weighted by Crippen LogP contribution is 2.07. The summed E-state index contributed by atoms with van der Waals surface area (Å²) in [4.78, 5) is 13.6. The predicted molar refractivity (Wildman–Crippen MR) is 71.0 cm³/mol. The summed E-state index contributed by atoms with van der Waals surface area (Å²) >= 11 is 0. The molecule has 96 valence electrons. The molecule has 1 aromatic rings. The molecule has 0 aliphatic rings. The van der Waals surface area contributed by atoms with E-state index in [1.165, 1.54) is 0 Å². The van der Waals surface area contributed by atoms with Crippen molar-refractivity contribution in [2.45, 2.75) is 6.92 Å². The molecule has 0 heterocycles. The summed E-state index contributed by atoms with van der Waals surface area (Å²) in [5.74, 6) is 5.58. The minimum Gasteiger partial charge on any atom is -0.395 e. The standard InChI is InChI=1S/C14H18N2O2/c1-2-16(10-11-17)14(18)13-7-5-12(6-8-13)4-3-9-15/h5-8,17H,2,9-11,15H2,1H3. The molecule has 1 amide bonds. The average Bonchev–Trinajstić information content (AvgIpc) is 2.42. The van der Waals surface area contributed by atoms with Gasteiger partial charge in [-0.2, -0.15) is 0 Å². The molecule has 0 unspecified atom stereocenters. The number of rotatable bonds is 4. The Hall–Kier alpha value is -1.83. The Morgan fingerprint density at radius 1 is 1.39 bits per heavy atom. The van der Waals surface area contributed by atoms with Crippen LogP contribution in [0.5, 0.6) is 0 Å². The zero-order chi connectivity index (χ0) is 13.4. The van der Waals surface area contributed by atoms with Crippen molar-refractivity contribution in [3.8, 4) is 11.8 Å². The van der Waals surface area contributed by atoms with Crippen molar-refractivity contribution in [2.75, 3.05) is 26.2 Å². The molecule has 0 aromatic heterocycles. The van der Waals surface area contributed by atoms with E-state index in [9.17, 15) is 4.79 Å². The van der Waals surface area contributed by atoms with Crippen molar-refractivity contribution in [1.29, 1.82) is 0 Å². The molecule has 1 aromatic carbocycles. The molecule has 0 fully saturated rings. The van der Waals surface area contributed by atoms with Crippen LogP contribution in [0, 0.1) is 11.8 Å². The van der Waals surface area contributed by atoms with Crippen molar-refractivity contribution in [3.63, 3.8) is 0 Å². The second kappa shape index (κ2) is 7.49. The molecule has 0 atom stereocenters. The van der Waals surface area contributed by atoms with Crippen LogP contribution >= 0.6 is 0 Å². The van der Waals surface area contributed by atoms with E-state index in [1.54, 1.807) is 29.2 Å². The summed E-state index contributed by atoms with van der Waals surface area (Å²) in [6, 6.07) is 7.07. The Kier molecular flexibility index (Phi) is 5.92. The zero-order valence-electron chi connectivity index (χ0n) is 10.5. The average molecular weight is 246 g/mol. The van der Waals surface area contributed by atoms with E-state index in [-0.39, 0.29) is 12.5 Å². The fourth-order valence-corrected chi connectivity index (χ4v) is 1.56. The van der Waals surface area contributed by atoms with E-state index in [2.05, 4.69) is 11.8 Å². The van der Waals surface area contributed by atoms with Gasteiger partial charge in [-0.3, -0.25) is 4.79 Å². The van der Waals surface area contributed by atoms with Crippen LogP contribution in [-0.4, -0.2) is 42.2 Å². The first-order chi connectivity index (χ1) is 8.72. The predicted octanol–water partition coefficient (Wildman–Crippen LogP) is 0.451. The van der Waals surface area contributed by atoms with E-state index in [1.807, 2.05) is 6.92 Å². The smallest absolute Gasteiger partial charge is 0.253 e. The van der Waals surface area contributed by atoms with E-state index in [4.69, 9.17) is 10.8 Å². The summed E-state index contributed by atoms with van der Waals surface area (Å²) < 4.78 is 0. The van der Waals surface area contributed by atoms with Gasteiger partial charge in [0.2, 0.25) is 0 Å². The third-order valence-electron chi connectivity index (χ3n) is 2.51. The molecule has 4 nitrogen and oxygen atoms in total. The molecule has 0 aliphatic carbocycles. The lowest BCUT2D eigenvalue weighted by atomic mass is 10.1. The number of aliphatic hydroxyl groups is 1. The highest BCUT2D eigenvalue weighted by atomic mass is 16.3. The van der Waals surface area contributed by atoms with Gasteiger partial charge in [-0.1, -0.05) is 11.8 Å². The van der Waals surface area contributed by atoms with Gasteiger partial charge in [0.25, 0.3) is 5.91 Å². The monoisotopic (exact) mass is 246 g/mol. The zero-order valence-corrected chi connectivity index (χ0v) is 10.5. The van der Waals surface area contributed by atoms with E-state index in [0.717, 1.165) is 5.56 Å². The molecule has 0 saturated heterocycles. The number of aliphatic hydroxyl groups excluding tert-OH is 1. The number of benzene rings is 1. The first-order valence-corrected chi connectivity index (χ1v) is 5.92. The lowest BCUT2D eigenvalue weighted by Gasteiger charge is -2.19. The Labute approximate surface area is 107 Å². The minimum absolute atomic E-state index is 0.0281. The Morgan fingerprint density at radius 2 is 2.06 bits per heavy atom. The van der Waals surface area contributed by atoms with Gasteiger partial charge in [0.1, 0.15) is 0 Å². The molecule has 4 heteroatoms. The first kappa shape index (κ1) is 14.2. The maximum atomic E-state index is 12.0. The van der Waals surface area contributed by atoms with Crippen LogP contribution in [0.15, 0.2) is 24.3 Å². The highest BCUT2D eigenvalue weighted by molar-refractivity contribution is 5.94. The lowest BCUT2D eigenvalue weighted by molar-refractivity contribution is 0.0732. The van der Waals surface area contributed by atoms with Crippen LogP contribution < -0.4 is 5.73 Å². The van der Waals surface area contributed by atoms with Gasteiger partial charge in [0.05, 0.1) is 13.2 Å². The molecular weight excluding hydrogens is 228 g/mol. The van der Waals surface area contributed by atoms with Gasteiger partial charge < -0.3 is 15.7 Å². The number of carbonyl (C=O) groups is 1. The second-order valence-electron chi connectivity index (χ2n) is 3.69. The molecular formula is C14H18N2O2. The van der Waals surface area contributed by atoms with Crippen molar-refractivity contribution < 1.29 is 9.90 Å². The van der Waals surface area contributed by atoms with E-state index >= 15 is 0 Å². The number of carbonyl (C=O) groups excluding carboxylic acids is 1. The fourth-order valence-electron chi connectivity index (χ4n) is 1.56. The van der Waals surface area contributed by atoms with Crippen LogP contribution in [0.25, 0.3) is 0 Å². The van der Waals surface area contributed by atoms with E-state index in [0.29, 0.717) is 25.2 Å². The first-order valence-electron chi connectivity index (χ1n) is 5.92. The van der Waals surface area contributed by atoms with Crippen LogP contribution in [0.1, 0.15) is 22.8 Å². The summed E-state index contributed by atoms with van der Waals surface area (Å²) in [7, 11) is 0. The lowest BCUT2D eigenvalue weighted by Crippen LogP contribution is -2.33. The number of hydrogen-bond donors (Lipinski definition) is 2. The summed E-state index contributed by atoms with van der Waals surface area (Å²) in [5, 5.41) is 8.88. The third kappa shape index (κ3) is 3.88. The van der Waals surface area contributed by atoms with Gasteiger partial charge in [-0.05, 0) is 31.2 Å². The minimum atomic E-state index is -0.0788. The Morgan fingerprint density at radius 3 is 2.56 bits per heavy atom. The SMILES string of the molecule is CCN(CCO)C(=O)c1ccc(C#CCN)cc1. The molecule has 3 N–H and O–H groups in total. The van der Waals surface area contributed by atoms with Crippen LogP contribution in [-0.2, 0) is 0 Å². The van der Waals surface area contributed by atoms with Gasteiger partial charge in [-0.15, -0.1) is 0 Å². The maximum absolute atomic E-state index is 12.0. The Balaban J connectivity index is 2.80. The number of nitrogens with two attached hydrogens (primary N) is 1. The van der Waals surface area contributed by atoms with Crippen LogP contribution in [0.3, 0.4) is 0 Å². The van der Waals surface area contributed by atoms with Crippen LogP contribution in [0.2, 0.25) is 0 Å². The molecule has 1 rings (SSSR count). The largest absolute Gasteiger partial charge is 0.395 e. The van der Waals surface area contributed by atoms with Gasteiger partial charge >= 0.3 is 0 Å². The third-order valence-corrected chi connectivity index (χ3v) is 2.51. The number of nitrogens with zero attached hydrogens (tertiary/aromatic N) is 1. The molecule has 0 spiro atoms. The van der Waals surface area contributed by atoms with Gasteiger partial charge in [0, 0.05) is 24.2 Å². The molecule has 0 saturated carbocycles. The Bertz CT molecular complexity index is 443. The number of amides is 1. The summed E-state index contributed by atoms with van der Waals surface area (Å²) in [5.41, 5.74) is 6.72. The highest BCUT2D eigenvalue weighted by Gasteiger charge is 2.12. The molecule has 0 radical (unpaired) electrons. The normalized spacial score (nSPS) is 9.50. The molecule has 18 heavy (non-hydrogen) atoms. The fraction of sp³-hybridized carbons (Fsp3) is 0.357. The number of hydrogen-bond acceptors (Lipinski definition) is 3. The van der Waals surface area contributed by atoms with Crippen molar-refractivity contribution in [1.82, 2.24) is 4.90 Å². The topological polar surface area (TPSA) is 66.6 Å². The van der Waals surface area contributed by atoms with E-state index < -0.39 is 0 Å². The second-order valence-corrected chi connectivity index (χ2v) is 3.69. The van der Waals surface area contributed by atoms with Gasteiger partial charge in [-0.25, -0.2) is 0 Å². The van der Waals surface area contributed by atoms with Gasteiger partial charge in [0.15, 0.2) is 0 Å². The maximum Gasteiger partial charge on any atom is 0.253 e. The van der Waals surface area contributed by atoms with Crippen LogP contribution in [0.4, 0.5) is 0 Å². The van der Waals surface area contributed by atoms with Crippen molar-refractivity contribution >= 4 is 5.91 Å². The van der Waals surface area contributed by atoms with Crippen molar-refractivity contribution in [2.24, 2.45) is 5.73 Å². The van der Waals surface area contributed by atoms with Crippen molar-refractivity contribution in [3.05, 3.63) is 35.4 Å². The molecule has 0 aliphatic heterocycles. The summed E-state index contributed by atoms with van der Waals surface area (Å²) in [6.45, 7) is 3.10. The quantitative estimate of drug-likeness (QED) is 0.758. The summed E-state index contributed by atoms with van der Waals surface area (Å²) in [6.07, 6.45) is 0.